The zero-order valence-electron chi connectivity index (χ0n) is 16.7. The highest BCUT2D eigenvalue weighted by Gasteiger charge is 2.08. The van der Waals surface area contributed by atoms with Crippen LogP contribution in [-0.4, -0.2) is 5.16 Å². The van der Waals surface area contributed by atoms with Crippen LogP contribution in [0.25, 0.3) is 11.3 Å². The molecule has 0 radical (unpaired) electrons. The van der Waals surface area contributed by atoms with Crippen molar-refractivity contribution in [2.24, 2.45) is 0 Å². The minimum Gasteiger partial charge on any atom is -0.337 e. The lowest BCUT2D eigenvalue weighted by Gasteiger charge is -2.04. The van der Waals surface area contributed by atoms with Gasteiger partial charge in [0.15, 0.2) is 0 Å². The number of aromatic nitrogens is 1. The minimum atomic E-state index is 0.651. The lowest BCUT2D eigenvalue weighted by atomic mass is 10.0. The highest BCUT2D eigenvalue weighted by atomic mass is 32.2. The lowest BCUT2D eigenvalue weighted by molar-refractivity contribution is 0.439. The van der Waals surface area contributed by atoms with Gasteiger partial charge in [0.05, 0.1) is 0 Å². The fourth-order valence-corrected chi connectivity index (χ4v) is 3.85. The molecule has 3 nitrogen and oxygen atoms in total. The number of aryl methyl sites for hydroxylation is 4. The van der Waals surface area contributed by atoms with Crippen LogP contribution >= 0.6 is 11.9 Å². The molecule has 146 valence electrons. The summed E-state index contributed by atoms with van der Waals surface area (Å²) in [5.41, 5.74) is 7.15. The molecule has 3 aromatic carbocycles. The summed E-state index contributed by atoms with van der Waals surface area (Å²) < 4.78 is 8.73. The maximum atomic E-state index is 5.48. The zero-order valence-corrected chi connectivity index (χ0v) is 17.5. The van der Waals surface area contributed by atoms with E-state index < -0.39 is 0 Å². The molecule has 0 saturated carbocycles. The van der Waals surface area contributed by atoms with Crippen LogP contribution in [0.3, 0.4) is 0 Å². The van der Waals surface area contributed by atoms with Crippen LogP contribution in [0, 0.1) is 13.8 Å². The molecule has 1 aromatic heterocycles. The molecule has 0 amide bonds. The summed E-state index contributed by atoms with van der Waals surface area (Å²) >= 11 is 1.53. The summed E-state index contributed by atoms with van der Waals surface area (Å²) in [6.07, 6.45) is 2.03. The molecule has 4 heteroatoms. The second kappa shape index (κ2) is 9.01. The second-order valence-corrected chi connectivity index (χ2v) is 8.09. The number of hydrogen-bond donors (Lipinski definition) is 1. The third kappa shape index (κ3) is 5.09. The predicted octanol–water partition coefficient (Wildman–Crippen LogP) is 6.86. The molecule has 0 aliphatic rings. The van der Waals surface area contributed by atoms with Crippen LogP contribution in [0.15, 0.2) is 88.3 Å². The van der Waals surface area contributed by atoms with E-state index in [4.69, 9.17) is 4.52 Å². The smallest absolute Gasteiger partial charge is 0.235 e. The summed E-state index contributed by atoms with van der Waals surface area (Å²) in [6, 6.07) is 27.5. The molecular formula is C25H24N2OS. The van der Waals surface area contributed by atoms with Gasteiger partial charge in [0.2, 0.25) is 5.88 Å². The molecule has 1 N–H and O–H groups in total. The molecule has 0 unspecified atom stereocenters. The van der Waals surface area contributed by atoms with Gasteiger partial charge in [0, 0.05) is 16.5 Å². The molecule has 0 spiro atoms. The number of nitrogens with one attached hydrogen (secondary N) is 1. The summed E-state index contributed by atoms with van der Waals surface area (Å²) in [4.78, 5) is 1.15. The van der Waals surface area contributed by atoms with Crippen molar-refractivity contribution in [1.82, 2.24) is 5.16 Å². The van der Waals surface area contributed by atoms with Crippen molar-refractivity contribution in [2.45, 2.75) is 31.6 Å². The van der Waals surface area contributed by atoms with Crippen LogP contribution < -0.4 is 4.72 Å². The molecule has 0 atom stereocenters. The first kappa shape index (κ1) is 19.3. The third-order valence-electron chi connectivity index (χ3n) is 5.03. The molecule has 0 aliphatic heterocycles. The van der Waals surface area contributed by atoms with Gasteiger partial charge in [-0.1, -0.05) is 59.8 Å². The number of nitrogens with zero attached hydrogens (tertiary/aromatic N) is 1. The van der Waals surface area contributed by atoms with Gasteiger partial charge in [-0.2, -0.15) is 0 Å². The summed E-state index contributed by atoms with van der Waals surface area (Å²) in [7, 11) is 0. The van der Waals surface area contributed by atoms with Crippen molar-refractivity contribution in [3.05, 3.63) is 101 Å². The van der Waals surface area contributed by atoms with Gasteiger partial charge < -0.3 is 4.52 Å². The second-order valence-electron chi connectivity index (χ2n) is 7.21. The van der Waals surface area contributed by atoms with Crippen molar-refractivity contribution in [3.8, 4) is 11.3 Å². The minimum absolute atomic E-state index is 0.651. The fourth-order valence-electron chi connectivity index (χ4n) is 3.17. The Morgan fingerprint density at radius 2 is 1.59 bits per heavy atom. The fraction of sp³-hybridized carbons (Fsp3) is 0.160. The highest BCUT2D eigenvalue weighted by Crippen LogP contribution is 2.27. The van der Waals surface area contributed by atoms with Crippen LogP contribution in [0.4, 0.5) is 5.88 Å². The normalized spacial score (nSPS) is 10.8. The van der Waals surface area contributed by atoms with Gasteiger partial charge in [-0.3, -0.25) is 4.72 Å². The van der Waals surface area contributed by atoms with E-state index in [9.17, 15) is 0 Å². The lowest BCUT2D eigenvalue weighted by Crippen LogP contribution is -1.91. The topological polar surface area (TPSA) is 38.1 Å². The van der Waals surface area contributed by atoms with Gasteiger partial charge in [-0.05, 0) is 79.1 Å². The Balaban J connectivity index is 1.40. The number of hydrogen-bond acceptors (Lipinski definition) is 4. The molecule has 0 bridgehead atoms. The van der Waals surface area contributed by atoms with E-state index in [1.807, 2.05) is 6.07 Å². The number of benzene rings is 3. The molecule has 29 heavy (non-hydrogen) atoms. The number of anilines is 1. The van der Waals surface area contributed by atoms with Gasteiger partial charge in [0.1, 0.15) is 5.69 Å². The van der Waals surface area contributed by atoms with E-state index in [1.165, 1.54) is 34.2 Å². The van der Waals surface area contributed by atoms with Crippen LogP contribution in [0.1, 0.15) is 22.3 Å². The van der Waals surface area contributed by atoms with Gasteiger partial charge >= 0.3 is 0 Å². The maximum absolute atomic E-state index is 5.48. The Labute approximate surface area is 176 Å². The van der Waals surface area contributed by atoms with Crippen molar-refractivity contribution in [2.75, 3.05) is 4.72 Å². The first-order valence-corrected chi connectivity index (χ1v) is 10.6. The molecule has 0 aliphatic carbocycles. The first-order chi connectivity index (χ1) is 14.2. The molecule has 0 saturated heterocycles. The van der Waals surface area contributed by atoms with E-state index in [2.05, 4.69) is 96.5 Å². The molecule has 4 aromatic rings. The summed E-state index contributed by atoms with van der Waals surface area (Å²) in [5.74, 6) is 0.651. The Hall–Kier alpha value is -2.98. The number of rotatable bonds is 7. The van der Waals surface area contributed by atoms with E-state index in [0.29, 0.717) is 5.88 Å². The van der Waals surface area contributed by atoms with Gasteiger partial charge in [-0.25, -0.2) is 0 Å². The first-order valence-electron chi connectivity index (χ1n) is 9.77. The Morgan fingerprint density at radius 3 is 2.41 bits per heavy atom. The highest BCUT2D eigenvalue weighted by molar-refractivity contribution is 8.00. The van der Waals surface area contributed by atoms with Crippen molar-refractivity contribution < 1.29 is 4.52 Å². The van der Waals surface area contributed by atoms with E-state index in [-0.39, 0.29) is 0 Å². The summed E-state index contributed by atoms with van der Waals surface area (Å²) in [5, 5.41) is 4.24. The van der Waals surface area contributed by atoms with Crippen molar-refractivity contribution in [1.29, 1.82) is 0 Å². The maximum Gasteiger partial charge on any atom is 0.235 e. The molecule has 4 rings (SSSR count). The predicted molar refractivity (Wildman–Crippen MR) is 121 cm³/mol. The van der Waals surface area contributed by atoms with Crippen LogP contribution in [-0.2, 0) is 12.8 Å². The Bertz CT molecular complexity index is 1090. The summed E-state index contributed by atoms with van der Waals surface area (Å²) in [6.45, 7) is 4.24. The van der Waals surface area contributed by atoms with Crippen LogP contribution in [0.5, 0.6) is 0 Å². The van der Waals surface area contributed by atoms with Gasteiger partial charge in [-0.15, -0.1) is 0 Å². The van der Waals surface area contributed by atoms with E-state index in [0.717, 1.165) is 29.0 Å². The third-order valence-corrected chi connectivity index (χ3v) is 5.82. The van der Waals surface area contributed by atoms with E-state index in [1.54, 1.807) is 0 Å². The molecule has 1 heterocycles. The van der Waals surface area contributed by atoms with Crippen molar-refractivity contribution in [3.63, 3.8) is 0 Å². The molecule has 0 fully saturated rings. The average molecular weight is 401 g/mol. The monoisotopic (exact) mass is 400 g/mol. The zero-order chi connectivity index (χ0) is 20.1. The SMILES string of the molecule is Cc1ccc(SNc2cc(-c3cccc(CCc4ccccc4)c3)no2)cc1C. The van der Waals surface area contributed by atoms with Gasteiger partial charge in [0.25, 0.3) is 0 Å². The largest absolute Gasteiger partial charge is 0.337 e. The Kier molecular flexibility index (Phi) is 6.01. The van der Waals surface area contributed by atoms with Crippen LogP contribution in [0.2, 0.25) is 0 Å². The van der Waals surface area contributed by atoms with Crippen molar-refractivity contribution >= 4 is 17.8 Å². The molecular weight excluding hydrogens is 376 g/mol. The Morgan fingerprint density at radius 1 is 0.793 bits per heavy atom. The quantitative estimate of drug-likeness (QED) is 0.344. The standard InChI is InChI=1S/C25H24N2OS/c1-18-11-14-23(15-19(18)2)29-27-25-17-24(26-28-25)22-10-6-9-21(16-22)13-12-20-7-4-3-5-8-20/h3-11,14-17,27H,12-13H2,1-2H3. The van der Waals surface area contributed by atoms with E-state index >= 15 is 0 Å². The average Bonchev–Trinajstić information content (AvgIpc) is 3.23.